The molecule has 3 atom stereocenters. The summed E-state index contributed by atoms with van der Waals surface area (Å²) in [4.78, 5) is 23.7. The van der Waals surface area contributed by atoms with E-state index in [0.717, 1.165) is 19.3 Å². The van der Waals surface area contributed by atoms with Gasteiger partial charge in [-0.15, -0.1) is 23.5 Å². The van der Waals surface area contributed by atoms with Crippen molar-refractivity contribution in [1.82, 2.24) is 0 Å². The summed E-state index contributed by atoms with van der Waals surface area (Å²) in [6.07, 6.45) is 16.1. The van der Waals surface area contributed by atoms with Gasteiger partial charge in [-0.3, -0.25) is 9.59 Å². The molecule has 2 rings (SSSR count). The third-order valence-electron chi connectivity index (χ3n) is 6.57. The summed E-state index contributed by atoms with van der Waals surface area (Å²) in [6, 6.07) is 0. The number of hydrogen-bond donors (Lipinski definition) is 0. The van der Waals surface area contributed by atoms with Crippen LogP contribution in [0.5, 0.6) is 0 Å². The molecule has 0 aromatic rings. The maximum absolute atomic E-state index is 11.9. The molecule has 0 aromatic carbocycles. The monoisotopic (exact) mass is 458 g/mol. The van der Waals surface area contributed by atoms with Gasteiger partial charge in [-0.1, -0.05) is 71.1 Å². The Labute approximate surface area is 192 Å². The number of ether oxygens (including phenoxy) is 2. The van der Waals surface area contributed by atoms with E-state index >= 15 is 0 Å². The first kappa shape index (κ1) is 25.9. The molecule has 2 fully saturated rings. The van der Waals surface area contributed by atoms with Crippen LogP contribution in [0.25, 0.3) is 0 Å². The van der Waals surface area contributed by atoms with Crippen molar-refractivity contribution in [2.24, 2.45) is 11.8 Å². The number of carbonyl (C=O) groups is 2. The lowest BCUT2D eigenvalue weighted by molar-refractivity contribution is -0.148. The average Bonchev–Trinajstić information content (AvgIpc) is 3.28. The van der Waals surface area contributed by atoms with Crippen molar-refractivity contribution in [3.05, 3.63) is 0 Å². The van der Waals surface area contributed by atoms with Gasteiger partial charge in [0.1, 0.15) is 12.0 Å². The molecule has 6 heteroatoms. The zero-order chi connectivity index (χ0) is 21.8. The van der Waals surface area contributed by atoms with E-state index in [1.54, 1.807) is 6.92 Å². The second-order valence-electron chi connectivity index (χ2n) is 9.07. The quantitative estimate of drug-likeness (QED) is 0.203. The maximum Gasteiger partial charge on any atom is 0.313 e. The summed E-state index contributed by atoms with van der Waals surface area (Å²) in [5.41, 5.74) is 0. The van der Waals surface area contributed by atoms with Crippen LogP contribution in [0.15, 0.2) is 0 Å². The molecule has 0 saturated carbocycles. The standard InChI is InChI=1S/C24H42O4S2/c1-19-21(23(26)27-3)20(28-22(19)25)15-13-11-9-7-5-4-6-8-10-12-14-16-24(2)29-17-18-30-24/h19-21H,4-18H2,1-3H3/t19-,20-,21+/m1/s1. The van der Waals surface area contributed by atoms with Crippen LogP contribution in [0.3, 0.4) is 0 Å². The van der Waals surface area contributed by atoms with Crippen molar-refractivity contribution in [2.45, 2.75) is 108 Å². The molecular formula is C24H42O4S2. The number of rotatable bonds is 15. The summed E-state index contributed by atoms with van der Waals surface area (Å²) in [7, 11) is 1.38. The number of unbranched alkanes of at least 4 members (excludes halogenated alkanes) is 10. The molecule has 0 spiro atoms. The van der Waals surface area contributed by atoms with E-state index in [0.29, 0.717) is 4.08 Å². The molecule has 2 saturated heterocycles. The zero-order valence-electron chi connectivity index (χ0n) is 19.3. The number of thioether (sulfide) groups is 2. The molecule has 2 heterocycles. The summed E-state index contributed by atoms with van der Waals surface area (Å²) in [5.74, 6) is 1.28. The molecule has 0 radical (unpaired) electrons. The molecule has 0 bridgehead atoms. The van der Waals surface area contributed by atoms with Crippen LogP contribution in [-0.4, -0.2) is 40.7 Å². The lowest BCUT2D eigenvalue weighted by Crippen LogP contribution is -2.29. The minimum atomic E-state index is -0.430. The lowest BCUT2D eigenvalue weighted by atomic mass is 9.89. The fourth-order valence-electron chi connectivity index (χ4n) is 4.61. The smallest absolute Gasteiger partial charge is 0.313 e. The van der Waals surface area contributed by atoms with Crippen LogP contribution >= 0.6 is 23.5 Å². The number of cyclic esters (lactones) is 1. The van der Waals surface area contributed by atoms with Crippen LogP contribution in [0.1, 0.15) is 97.3 Å². The first-order valence-corrected chi connectivity index (χ1v) is 14.0. The highest BCUT2D eigenvalue weighted by Gasteiger charge is 2.46. The predicted molar refractivity (Wildman–Crippen MR) is 128 cm³/mol. The van der Waals surface area contributed by atoms with E-state index in [1.807, 2.05) is 0 Å². The van der Waals surface area contributed by atoms with Crippen LogP contribution in [0.4, 0.5) is 0 Å². The first-order valence-electron chi connectivity index (χ1n) is 12.0. The van der Waals surface area contributed by atoms with Gasteiger partial charge in [0.25, 0.3) is 0 Å². The van der Waals surface area contributed by atoms with Crippen molar-refractivity contribution in [3.63, 3.8) is 0 Å². The fraction of sp³-hybridized carbons (Fsp3) is 0.917. The Morgan fingerprint density at radius 2 is 1.47 bits per heavy atom. The van der Waals surface area contributed by atoms with Crippen LogP contribution in [0.2, 0.25) is 0 Å². The molecule has 174 valence electrons. The third kappa shape index (κ3) is 8.64. The molecule has 2 aliphatic heterocycles. The van der Waals surface area contributed by atoms with Crippen LogP contribution in [-0.2, 0) is 19.1 Å². The highest BCUT2D eigenvalue weighted by Crippen LogP contribution is 2.46. The Morgan fingerprint density at radius 3 is 2.00 bits per heavy atom. The van der Waals surface area contributed by atoms with Crippen molar-refractivity contribution in [3.8, 4) is 0 Å². The molecule has 0 N–H and O–H groups in total. The van der Waals surface area contributed by atoms with Crippen molar-refractivity contribution in [2.75, 3.05) is 18.6 Å². The number of carbonyl (C=O) groups excluding carboxylic acids is 2. The summed E-state index contributed by atoms with van der Waals surface area (Å²) >= 11 is 4.32. The van der Waals surface area contributed by atoms with E-state index in [4.69, 9.17) is 9.47 Å². The van der Waals surface area contributed by atoms with Gasteiger partial charge in [0.15, 0.2) is 0 Å². The Kier molecular flexibility index (Phi) is 12.0. The fourth-order valence-corrected chi connectivity index (χ4v) is 7.55. The molecular weight excluding hydrogens is 416 g/mol. The highest BCUT2D eigenvalue weighted by atomic mass is 32.2. The second kappa shape index (κ2) is 13.9. The van der Waals surface area contributed by atoms with E-state index in [1.165, 1.54) is 82.8 Å². The molecule has 0 unspecified atom stereocenters. The van der Waals surface area contributed by atoms with Crippen LogP contribution < -0.4 is 0 Å². The Hall–Kier alpha value is -0.360. The Balaban J connectivity index is 1.39. The van der Waals surface area contributed by atoms with Gasteiger partial charge in [-0.05, 0) is 26.2 Å². The minimum absolute atomic E-state index is 0.263. The zero-order valence-corrected chi connectivity index (χ0v) is 20.9. The summed E-state index contributed by atoms with van der Waals surface area (Å²) in [6.45, 7) is 4.19. The molecule has 0 aromatic heterocycles. The maximum atomic E-state index is 11.9. The van der Waals surface area contributed by atoms with Crippen LogP contribution in [0, 0.1) is 11.8 Å². The van der Waals surface area contributed by atoms with E-state index in [-0.39, 0.29) is 24.0 Å². The van der Waals surface area contributed by atoms with E-state index in [9.17, 15) is 9.59 Å². The SMILES string of the molecule is COC(=O)[C@@H]1[C@@H](CCCCCCCCCCCCCC2(C)SCCS2)OC(=O)[C@@H]1C. The lowest BCUT2D eigenvalue weighted by Gasteiger charge is -2.21. The number of methoxy groups -OCH3 is 1. The van der Waals surface area contributed by atoms with Gasteiger partial charge >= 0.3 is 11.9 Å². The largest absolute Gasteiger partial charge is 0.469 e. The topological polar surface area (TPSA) is 52.6 Å². The second-order valence-corrected chi connectivity index (χ2v) is 12.5. The van der Waals surface area contributed by atoms with Crippen molar-refractivity contribution < 1.29 is 19.1 Å². The molecule has 2 aliphatic rings. The van der Waals surface area contributed by atoms with E-state index < -0.39 is 5.92 Å². The number of hydrogen-bond acceptors (Lipinski definition) is 6. The average molecular weight is 459 g/mol. The third-order valence-corrected chi connectivity index (χ3v) is 9.98. The molecule has 0 aliphatic carbocycles. The van der Waals surface area contributed by atoms with Crippen molar-refractivity contribution >= 4 is 35.5 Å². The van der Waals surface area contributed by atoms with Gasteiger partial charge < -0.3 is 9.47 Å². The molecule has 30 heavy (non-hydrogen) atoms. The number of esters is 2. The highest BCUT2D eigenvalue weighted by molar-refractivity contribution is 8.21. The summed E-state index contributed by atoms with van der Waals surface area (Å²) < 4.78 is 10.8. The predicted octanol–water partition coefficient (Wildman–Crippen LogP) is 6.60. The van der Waals surface area contributed by atoms with Gasteiger partial charge in [0.05, 0.1) is 17.1 Å². The molecule has 4 nitrogen and oxygen atoms in total. The van der Waals surface area contributed by atoms with Gasteiger partial charge in [0.2, 0.25) is 0 Å². The van der Waals surface area contributed by atoms with Crippen molar-refractivity contribution in [1.29, 1.82) is 0 Å². The van der Waals surface area contributed by atoms with Gasteiger partial charge in [0, 0.05) is 11.5 Å². The van der Waals surface area contributed by atoms with E-state index in [2.05, 4.69) is 30.4 Å². The minimum Gasteiger partial charge on any atom is -0.469 e. The van der Waals surface area contributed by atoms with Gasteiger partial charge in [-0.2, -0.15) is 0 Å². The Bertz CT molecular complexity index is 519. The van der Waals surface area contributed by atoms with Gasteiger partial charge in [-0.25, -0.2) is 0 Å². The Morgan fingerprint density at radius 1 is 0.967 bits per heavy atom. The first-order chi connectivity index (χ1) is 14.5. The summed E-state index contributed by atoms with van der Waals surface area (Å²) in [5, 5.41) is 0. The normalized spacial score (nSPS) is 25.4. The molecule has 0 amide bonds.